The van der Waals surface area contributed by atoms with Crippen LogP contribution in [-0.4, -0.2) is 62.4 Å². The molecule has 0 radical (unpaired) electrons. The fourth-order valence-electron chi connectivity index (χ4n) is 2.64. The smallest absolute Gasteiger partial charge is 0.257 e. The summed E-state index contributed by atoms with van der Waals surface area (Å²) in [5.41, 5.74) is -0.440. The van der Waals surface area contributed by atoms with Gasteiger partial charge in [0.25, 0.3) is 5.91 Å². The Labute approximate surface area is 124 Å². The molecule has 2 rings (SSSR count). The van der Waals surface area contributed by atoms with E-state index < -0.39 is 5.60 Å². The van der Waals surface area contributed by atoms with Crippen molar-refractivity contribution >= 4 is 5.91 Å². The molecule has 0 spiro atoms. The summed E-state index contributed by atoms with van der Waals surface area (Å²) in [6.45, 7) is 1.54. The highest BCUT2D eigenvalue weighted by molar-refractivity contribution is 5.97. The quantitative estimate of drug-likeness (QED) is 0.827. The largest absolute Gasteiger partial charge is 0.493 e. The van der Waals surface area contributed by atoms with Crippen molar-refractivity contribution in [2.45, 2.75) is 12.0 Å². The zero-order chi connectivity index (χ0) is 15.5. The van der Waals surface area contributed by atoms with Crippen molar-refractivity contribution in [2.24, 2.45) is 0 Å². The maximum Gasteiger partial charge on any atom is 0.257 e. The van der Waals surface area contributed by atoms with Gasteiger partial charge < -0.3 is 24.8 Å². The molecule has 1 heterocycles. The van der Waals surface area contributed by atoms with E-state index in [0.717, 1.165) is 6.54 Å². The number of carbonyl (C=O) groups excluding carboxylic acids is 1. The van der Waals surface area contributed by atoms with Gasteiger partial charge >= 0.3 is 0 Å². The molecule has 6 heteroatoms. The minimum atomic E-state index is -0.865. The maximum atomic E-state index is 12.6. The Kier molecular flexibility index (Phi) is 4.69. The molecule has 0 saturated carbocycles. The summed E-state index contributed by atoms with van der Waals surface area (Å²) >= 11 is 0. The lowest BCUT2D eigenvalue weighted by molar-refractivity contribution is 0.0251. The predicted octanol–water partition coefficient (Wildman–Crippen LogP) is 0.500. The number of methoxy groups -OCH3 is 2. The van der Waals surface area contributed by atoms with Crippen LogP contribution in [0.5, 0.6) is 11.5 Å². The van der Waals surface area contributed by atoms with Crippen LogP contribution < -0.4 is 14.8 Å². The van der Waals surface area contributed by atoms with Crippen LogP contribution in [0.4, 0.5) is 0 Å². The fourth-order valence-corrected chi connectivity index (χ4v) is 2.64. The second-order valence-corrected chi connectivity index (χ2v) is 5.35. The van der Waals surface area contributed by atoms with Crippen molar-refractivity contribution in [1.82, 2.24) is 10.2 Å². The summed E-state index contributed by atoms with van der Waals surface area (Å²) in [7, 11) is 4.71. The van der Waals surface area contributed by atoms with Crippen molar-refractivity contribution in [2.75, 3.05) is 40.9 Å². The summed E-state index contributed by atoms with van der Waals surface area (Å²) < 4.78 is 10.5. The number of aliphatic hydroxyl groups is 1. The number of nitrogens with one attached hydrogen (secondary N) is 1. The van der Waals surface area contributed by atoms with Crippen molar-refractivity contribution in [3.63, 3.8) is 0 Å². The topological polar surface area (TPSA) is 71.0 Å². The number of carbonyl (C=O) groups is 1. The van der Waals surface area contributed by atoms with Gasteiger partial charge in [0.1, 0.15) is 0 Å². The zero-order valence-corrected chi connectivity index (χ0v) is 12.7. The number of rotatable bonds is 5. The lowest BCUT2D eigenvalue weighted by atomic mass is 10.0. The van der Waals surface area contributed by atoms with Crippen molar-refractivity contribution in [3.05, 3.63) is 23.8 Å². The number of nitrogens with zero attached hydrogens (tertiary/aromatic N) is 1. The minimum absolute atomic E-state index is 0.203. The Morgan fingerprint density at radius 1 is 1.43 bits per heavy atom. The van der Waals surface area contributed by atoms with E-state index in [9.17, 15) is 9.90 Å². The van der Waals surface area contributed by atoms with Crippen LogP contribution in [0.15, 0.2) is 18.2 Å². The average Bonchev–Trinajstić information content (AvgIpc) is 2.91. The van der Waals surface area contributed by atoms with E-state index in [4.69, 9.17) is 9.47 Å². The van der Waals surface area contributed by atoms with Gasteiger partial charge in [-0.05, 0) is 25.1 Å². The summed E-state index contributed by atoms with van der Waals surface area (Å²) in [5.74, 6) is 0.720. The molecule has 1 aromatic carbocycles. The molecule has 1 fully saturated rings. The SMILES string of the molecule is COc1cccc(C(=O)N(C)CC2(O)CCNC2)c1OC. The molecule has 1 unspecified atom stereocenters. The van der Waals surface area contributed by atoms with Crippen LogP contribution in [0.2, 0.25) is 0 Å². The standard InChI is InChI=1S/C15H22N2O4/c1-17(10-15(19)7-8-16-9-15)14(18)11-5-4-6-12(20-2)13(11)21-3/h4-6,16,19H,7-10H2,1-3H3. The Morgan fingerprint density at radius 3 is 2.76 bits per heavy atom. The Hall–Kier alpha value is -1.79. The molecule has 1 atom stereocenters. The molecule has 116 valence electrons. The summed E-state index contributed by atoms with van der Waals surface area (Å²) in [4.78, 5) is 14.1. The first-order valence-electron chi connectivity index (χ1n) is 6.90. The van der Waals surface area contributed by atoms with E-state index in [1.165, 1.54) is 19.1 Å². The van der Waals surface area contributed by atoms with Crippen LogP contribution in [-0.2, 0) is 0 Å². The third-order valence-electron chi connectivity index (χ3n) is 3.73. The highest BCUT2D eigenvalue weighted by atomic mass is 16.5. The Balaban J connectivity index is 2.19. The number of ether oxygens (including phenoxy) is 2. The highest BCUT2D eigenvalue weighted by Gasteiger charge is 2.34. The molecule has 0 aromatic heterocycles. The zero-order valence-electron chi connectivity index (χ0n) is 12.7. The molecule has 0 aliphatic carbocycles. The number of para-hydroxylation sites is 1. The second-order valence-electron chi connectivity index (χ2n) is 5.35. The first-order valence-corrected chi connectivity index (χ1v) is 6.90. The molecule has 2 N–H and O–H groups in total. The maximum absolute atomic E-state index is 12.6. The molecule has 1 aliphatic heterocycles. The number of likely N-dealkylation sites (N-methyl/N-ethyl adjacent to an activating group) is 1. The summed E-state index contributed by atoms with van der Waals surface area (Å²) in [6, 6.07) is 5.18. The van der Waals surface area contributed by atoms with Gasteiger partial charge in [0.05, 0.1) is 31.9 Å². The summed E-state index contributed by atoms with van der Waals surface area (Å²) in [5, 5.41) is 13.5. The lowest BCUT2D eigenvalue weighted by Gasteiger charge is -2.28. The number of benzene rings is 1. The van der Waals surface area contributed by atoms with Crippen molar-refractivity contribution < 1.29 is 19.4 Å². The van der Waals surface area contributed by atoms with Crippen LogP contribution in [0.1, 0.15) is 16.8 Å². The molecule has 6 nitrogen and oxygen atoms in total. The molecule has 1 amide bonds. The van der Waals surface area contributed by atoms with E-state index in [0.29, 0.717) is 30.0 Å². The molecule has 21 heavy (non-hydrogen) atoms. The average molecular weight is 294 g/mol. The molecular weight excluding hydrogens is 272 g/mol. The third-order valence-corrected chi connectivity index (χ3v) is 3.73. The van der Waals surface area contributed by atoms with Gasteiger partial charge in [-0.1, -0.05) is 6.07 Å². The first-order chi connectivity index (χ1) is 10.0. The van der Waals surface area contributed by atoms with Gasteiger partial charge in [-0.3, -0.25) is 4.79 Å². The van der Waals surface area contributed by atoms with Crippen LogP contribution in [0.25, 0.3) is 0 Å². The molecular formula is C15H22N2O4. The van der Waals surface area contributed by atoms with Crippen molar-refractivity contribution in [3.8, 4) is 11.5 Å². The van der Waals surface area contributed by atoms with Gasteiger partial charge in [-0.2, -0.15) is 0 Å². The Morgan fingerprint density at radius 2 is 2.19 bits per heavy atom. The monoisotopic (exact) mass is 294 g/mol. The fraction of sp³-hybridized carbons (Fsp3) is 0.533. The molecule has 0 bridgehead atoms. The minimum Gasteiger partial charge on any atom is -0.493 e. The number of hydrogen-bond donors (Lipinski definition) is 2. The van der Waals surface area contributed by atoms with Gasteiger partial charge in [-0.25, -0.2) is 0 Å². The Bertz CT molecular complexity index is 512. The predicted molar refractivity (Wildman–Crippen MR) is 78.9 cm³/mol. The normalized spacial score (nSPS) is 21.1. The first kappa shape index (κ1) is 15.6. The second kappa shape index (κ2) is 6.32. The van der Waals surface area contributed by atoms with Crippen LogP contribution in [0.3, 0.4) is 0 Å². The van der Waals surface area contributed by atoms with Crippen molar-refractivity contribution in [1.29, 1.82) is 0 Å². The van der Waals surface area contributed by atoms with Gasteiger partial charge in [0.15, 0.2) is 11.5 Å². The van der Waals surface area contributed by atoms with E-state index >= 15 is 0 Å². The lowest BCUT2D eigenvalue weighted by Crippen LogP contribution is -2.45. The third kappa shape index (κ3) is 3.28. The van der Waals surface area contributed by atoms with E-state index in [1.807, 2.05) is 0 Å². The van der Waals surface area contributed by atoms with Crippen LogP contribution in [0, 0.1) is 0 Å². The van der Waals surface area contributed by atoms with Gasteiger partial charge in [-0.15, -0.1) is 0 Å². The van der Waals surface area contributed by atoms with E-state index in [-0.39, 0.29) is 12.5 Å². The van der Waals surface area contributed by atoms with E-state index in [2.05, 4.69) is 5.32 Å². The molecule has 1 saturated heterocycles. The number of β-amino-alcohol motifs (C(OH)–C–C–N with tert-alkyl or cyclic N) is 1. The number of hydrogen-bond acceptors (Lipinski definition) is 5. The molecule has 1 aliphatic rings. The van der Waals surface area contributed by atoms with Crippen LogP contribution >= 0.6 is 0 Å². The number of amides is 1. The molecule has 1 aromatic rings. The van der Waals surface area contributed by atoms with E-state index in [1.54, 1.807) is 25.2 Å². The summed E-state index contributed by atoms with van der Waals surface area (Å²) in [6.07, 6.45) is 0.639. The van der Waals surface area contributed by atoms with Gasteiger partial charge in [0, 0.05) is 13.6 Å². The highest BCUT2D eigenvalue weighted by Crippen LogP contribution is 2.31. The van der Waals surface area contributed by atoms with Gasteiger partial charge in [0.2, 0.25) is 0 Å².